The third-order valence-corrected chi connectivity index (χ3v) is 2.77. The molecule has 0 fully saturated rings. The van der Waals surface area contributed by atoms with Gasteiger partial charge in [0.25, 0.3) is 0 Å². The average molecular weight is 283 g/mol. The number of benzene rings is 1. The van der Waals surface area contributed by atoms with Crippen LogP contribution in [0.3, 0.4) is 0 Å². The molecule has 0 aliphatic rings. The normalized spacial score (nSPS) is 10.6. The van der Waals surface area contributed by atoms with E-state index in [2.05, 4.69) is 26.0 Å². The van der Waals surface area contributed by atoms with Gasteiger partial charge in [0.15, 0.2) is 4.73 Å². The van der Waals surface area contributed by atoms with E-state index < -0.39 is 0 Å². The number of aliphatic hydroxyl groups excluding tert-OH is 1. The van der Waals surface area contributed by atoms with Gasteiger partial charge < -0.3 is 10.8 Å². The van der Waals surface area contributed by atoms with Crippen molar-refractivity contribution in [2.24, 2.45) is 0 Å². The van der Waals surface area contributed by atoms with E-state index in [-0.39, 0.29) is 12.6 Å². The molecule has 0 saturated heterocycles. The van der Waals surface area contributed by atoms with Gasteiger partial charge in [-0.3, -0.25) is 0 Å². The van der Waals surface area contributed by atoms with Gasteiger partial charge in [0, 0.05) is 0 Å². The van der Waals surface area contributed by atoms with Gasteiger partial charge in [-0.15, -0.1) is 5.10 Å². The van der Waals surface area contributed by atoms with Crippen molar-refractivity contribution in [3.8, 4) is 0 Å². The molecule has 0 aliphatic heterocycles. The Labute approximate surface area is 101 Å². The highest BCUT2D eigenvalue weighted by Crippen LogP contribution is 2.12. The van der Waals surface area contributed by atoms with Crippen LogP contribution in [0.2, 0.25) is 0 Å². The lowest BCUT2D eigenvalue weighted by Crippen LogP contribution is -2.02. The highest BCUT2D eigenvalue weighted by Gasteiger charge is 2.04. The van der Waals surface area contributed by atoms with Gasteiger partial charge in [0.2, 0.25) is 5.95 Å². The number of nitrogens with two attached hydrogens (primary N) is 1. The summed E-state index contributed by atoms with van der Waals surface area (Å²) in [5.74, 6) is 0.249. The Balaban J connectivity index is 2.17. The molecule has 16 heavy (non-hydrogen) atoms. The molecular formula is C10H11BrN4O. The van der Waals surface area contributed by atoms with Crippen LogP contribution in [0.25, 0.3) is 0 Å². The number of halogens is 1. The molecule has 2 rings (SSSR count). The third kappa shape index (κ3) is 2.40. The number of nitrogens with zero attached hydrogens (tertiary/aromatic N) is 3. The van der Waals surface area contributed by atoms with Crippen LogP contribution in [-0.4, -0.2) is 19.9 Å². The van der Waals surface area contributed by atoms with E-state index in [0.717, 1.165) is 11.1 Å². The molecule has 0 aliphatic carbocycles. The predicted molar refractivity (Wildman–Crippen MR) is 63.6 cm³/mol. The summed E-state index contributed by atoms with van der Waals surface area (Å²) in [5, 5.41) is 12.9. The molecule has 1 aromatic heterocycles. The monoisotopic (exact) mass is 282 g/mol. The van der Waals surface area contributed by atoms with Crippen LogP contribution in [0.15, 0.2) is 29.0 Å². The summed E-state index contributed by atoms with van der Waals surface area (Å²) in [6, 6.07) is 7.64. The quantitative estimate of drug-likeness (QED) is 0.886. The van der Waals surface area contributed by atoms with E-state index in [0.29, 0.717) is 11.3 Å². The Morgan fingerprint density at radius 1 is 1.25 bits per heavy atom. The van der Waals surface area contributed by atoms with E-state index in [4.69, 9.17) is 10.8 Å². The Morgan fingerprint density at radius 3 is 2.38 bits per heavy atom. The lowest BCUT2D eigenvalue weighted by molar-refractivity contribution is 0.282. The Kier molecular flexibility index (Phi) is 3.21. The summed E-state index contributed by atoms with van der Waals surface area (Å²) in [6.07, 6.45) is 0. The van der Waals surface area contributed by atoms with Gasteiger partial charge in [-0.2, -0.15) is 4.98 Å². The fourth-order valence-electron chi connectivity index (χ4n) is 1.36. The van der Waals surface area contributed by atoms with Crippen molar-refractivity contribution >= 4 is 21.9 Å². The first kappa shape index (κ1) is 11.1. The summed E-state index contributed by atoms with van der Waals surface area (Å²) in [5.41, 5.74) is 7.43. The molecule has 6 heteroatoms. The second-order valence-corrected chi connectivity index (χ2v) is 4.08. The van der Waals surface area contributed by atoms with Crippen molar-refractivity contribution in [1.29, 1.82) is 0 Å². The third-order valence-electron chi connectivity index (χ3n) is 2.18. The fourth-order valence-corrected chi connectivity index (χ4v) is 1.75. The molecule has 1 aromatic carbocycles. The van der Waals surface area contributed by atoms with Crippen LogP contribution in [0, 0.1) is 0 Å². The molecule has 0 unspecified atom stereocenters. The smallest absolute Gasteiger partial charge is 0.240 e. The number of anilines is 1. The Hall–Kier alpha value is -1.40. The summed E-state index contributed by atoms with van der Waals surface area (Å²) in [4.78, 5) is 3.95. The largest absolute Gasteiger partial charge is 0.392 e. The molecule has 1 heterocycles. The summed E-state index contributed by atoms with van der Waals surface area (Å²) in [7, 11) is 0. The first-order valence-corrected chi connectivity index (χ1v) is 5.53. The second-order valence-electron chi connectivity index (χ2n) is 3.37. The maximum absolute atomic E-state index is 8.91. The van der Waals surface area contributed by atoms with Gasteiger partial charge in [-0.25, -0.2) is 4.68 Å². The molecule has 0 radical (unpaired) electrons. The fraction of sp³-hybridized carbons (Fsp3) is 0.200. The van der Waals surface area contributed by atoms with Crippen LogP contribution in [0.1, 0.15) is 11.1 Å². The molecule has 0 saturated carbocycles. The topological polar surface area (TPSA) is 77.0 Å². The zero-order valence-electron chi connectivity index (χ0n) is 8.47. The predicted octanol–water partition coefficient (Wildman–Crippen LogP) is 1.16. The Bertz CT molecular complexity index is 480. The molecule has 84 valence electrons. The minimum absolute atomic E-state index is 0.0558. The molecular weight excluding hydrogens is 272 g/mol. The summed E-state index contributed by atoms with van der Waals surface area (Å²) in [6.45, 7) is 0.650. The van der Waals surface area contributed by atoms with Crippen LogP contribution in [0.5, 0.6) is 0 Å². The van der Waals surface area contributed by atoms with Crippen molar-refractivity contribution in [2.45, 2.75) is 13.2 Å². The van der Waals surface area contributed by atoms with Crippen molar-refractivity contribution in [1.82, 2.24) is 14.8 Å². The lowest BCUT2D eigenvalue weighted by atomic mass is 10.1. The zero-order valence-corrected chi connectivity index (χ0v) is 10.1. The number of rotatable bonds is 3. The van der Waals surface area contributed by atoms with Crippen LogP contribution in [-0.2, 0) is 13.2 Å². The van der Waals surface area contributed by atoms with Gasteiger partial charge in [0.05, 0.1) is 13.2 Å². The number of aromatic nitrogens is 3. The van der Waals surface area contributed by atoms with E-state index in [1.54, 1.807) is 4.68 Å². The number of hydrogen-bond donors (Lipinski definition) is 2. The summed E-state index contributed by atoms with van der Waals surface area (Å²) < 4.78 is 2.28. The van der Waals surface area contributed by atoms with Gasteiger partial charge in [-0.1, -0.05) is 24.3 Å². The van der Waals surface area contributed by atoms with E-state index in [1.165, 1.54) is 0 Å². The highest BCUT2D eigenvalue weighted by atomic mass is 79.9. The first-order valence-electron chi connectivity index (χ1n) is 4.73. The number of hydrogen-bond acceptors (Lipinski definition) is 4. The number of nitrogen functional groups attached to an aromatic ring is 1. The molecule has 0 amide bonds. The van der Waals surface area contributed by atoms with Crippen LogP contribution in [0.4, 0.5) is 5.95 Å². The Morgan fingerprint density at radius 2 is 1.88 bits per heavy atom. The average Bonchev–Trinajstić information content (AvgIpc) is 2.59. The van der Waals surface area contributed by atoms with Crippen LogP contribution < -0.4 is 5.73 Å². The maximum atomic E-state index is 8.91. The molecule has 0 atom stereocenters. The van der Waals surface area contributed by atoms with Gasteiger partial charge >= 0.3 is 0 Å². The molecule has 0 bridgehead atoms. The SMILES string of the molecule is Nc1nc(Br)n(Cc2ccc(CO)cc2)n1. The minimum atomic E-state index is 0.0558. The van der Waals surface area contributed by atoms with E-state index >= 15 is 0 Å². The number of aliphatic hydroxyl groups is 1. The standard InChI is InChI=1S/C10H11BrN4O/c11-9-13-10(12)14-15(9)5-7-1-3-8(6-16)4-2-7/h1-4,16H,5-6H2,(H2,12,14). The first-order chi connectivity index (χ1) is 7.69. The molecule has 3 N–H and O–H groups in total. The maximum Gasteiger partial charge on any atom is 0.240 e. The van der Waals surface area contributed by atoms with Crippen molar-refractivity contribution in [3.63, 3.8) is 0 Å². The second kappa shape index (κ2) is 4.63. The van der Waals surface area contributed by atoms with Crippen molar-refractivity contribution in [3.05, 3.63) is 40.1 Å². The molecule has 0 spiro atoms. The highest BCUT2D eigenvalue weighted by molar-refractivity contribution is 9.10. The van der Waals surface area contributed by atoms with Crippen molar-refractivity contribution in [2.75, 3.05) is 5.73 Å². The van der Waals surface area contributed by atoms with Gasteiger partial charge in [-0.05, 0) is 27.1 Å². The van der Waals surface area contributed by atoms with E-state index in [9.17, 15) is 0 Å². The van der Waals surface area contributed by atoms with Crippen LogP contribution >= 0.6 is 15.9 Å². The van der Waals surface area contributed by atoms with Gasteiger partial charge in [0.1, 0.15) is 0 Å². The zero-order chi connectivity index (χ0) is 11.5. The van der Waals surface area contributed by atoms with Crippen molar-refractivity contribution < 1.29 is 5.11 Å². The van der Waals surface area contributed by atoms with E-state index in [1.807, 2.05) is 24.3 Å². The molecule has 2 aromatic rings. The molecule has 5 nitrogen and oxygen atoms in total. The summed E-state index contributed by atoms with van der Waals surface area (Å²) >= 11 is 3.27. The lowest BCUT2D eigenvalue weighted by Gasteiger charge is -2.03. The minimum Gasteiger partial charge on any atom is -0.392 e.